The second-order valence-corrected chi connectivity index (χ2v) is 8.92. The Morgan fingerprint density at radius 1 is 0.229 bits per heavy atom. The third-order valence-corrected chi connectivity index (χ3v) is 4.77. The molecule has 0 aromatic heterocycles. The van der Waals surface area contributed by atoms with E-state index in [1.165, 1.54) is 0 Å². The highest BCUT2D eigenvalue weighted by atomic mass is 16.4. The lowest BCUT2D eigenvalue weighted by Gasteiger charge is -2.04. The monoisotopic (exact) mass is 704 g/mol. The quantitative estimate of drug-likeness (QED) is 0.0689. The summed E-state index contributed by atoms with van der Waals surface area (Å²) >= 11 is 0. The zero-order valence-electron chi connectivity index (χ0n) is 24.2. The fraction of sp³-hybridized carbons (Fsp3) is 0.500. The van der Waals surface area contributed by atoms with Gasteiger partial charge in [-0.05, 0) is 0 Å². The van der Waals surface area contributed by atoms with Crippen molar-refractivity contribution < 1.29 is 119 Å². The van der Waals surface area contributed by atoms with Crippen molar-refractivity contribution in [3.05, 3.63) is 0 Å². The predicted molar refractivity (Wildman–Crippen MR) is 143 cm³/mol. The van der Waals surface area contributed by atoms with Gasteiger partial charge in [-0.25, -0.2) is 0 Å². The number of carboxylic acid groups (broad SMARTS) is 12. The Morgan fingerprint density at radius 3 is 0.354 bits per heavy atom. The van der Waals surface area contributed by atoms with Crippen LogP contribution >= 0.6 is 0 Å². The summed E-state index contributed by atoms with van der Waals surface area (Å²) in [5.41, 5.74) is 0. The molecule has 24 heteroatoms. The van der Waals surface area contributed by atoms with Gasteiger partial charge in [0.15, 0.2) is 0 Å². The van der Waals surface area contributed by atoms with E-state index < -0.39 is 147 Å². The SMILES string of the molecule is O=C(O)CC(CC(=O)O)C(=O)O.O=C(O)CC(CC(=O)O)C(=O)O.O=C(O)CC(CC(=O)O)C(=O)O.O=C(O)CC(CC(=O)O)C(=O)O. The van der Waals surface area contributed by atoms with Gasteiger partial charge in [0, 0.05) is 0 Å². The molecule has 48 heavy (non-hydrogen) atoms. The Morgan fingerprint density at radius 2 is 0.312 bits per heavy atom. The summed E-state index contributed by atoms with van der Waals surface area (Å²) in [5, 5.41) is 98.9. The van der Waals surface area contributed by atoms with Crippen molar-refractivity contribution in [1.29, 1.82) is 0 Å². The molecule has 0 amide bonds. The number of carbonyl (C=O) groups is 12. The van der Waals surface area contributed by atoms with Gasteiger partial charge in [0.05, 0.1) is 75.0 Å². The highest BCUT2D eigenvalue weighted by molar-refractivity contribution is 5.84. The van der Waals surface area contributed by atoms with E-state index in [4.69, 9.17) is 61.3 Å². The molecule has 0 aliphatic rings. The second kappa shape index (κ2) is 25.9. The number of hydrogen-bond donors (Lipinski definition) is 12. The molecule has 272 valence electrons. The molecule has 0 aliphatic heterocycles. The van der Waals surface area contributed by atoms with Gasteiger partial charge in [-0.1, -0.05) is 0 Å². The highest BCUT2D eigenvalue weighted by Crippen LogP contribution is 2.10. The van der Waals surface area contributed by atoms with Crippen LogP contribution in [0, 0.1) is 23.7 Å². The summed E-state index contributed by atoms with van der Waals surface area (Å²) in [5.74, 6) is -21.5. The van der Waals surface area contributed by atoms with Crippen molar-refractivity contribution in [2.45, 2.75) is 51.4 Å². The van der Waals surface area contributed by atoms with Crippen LogP contribution in [0.1, 0.15) is 51.4 Å². The molecule has 0 aliphatic carbocycles. The molecule has 0 fully saturated rings. The minimum Gasteiger partial charge on any atom is -0.481 e. The standard InChI is InChI=1S/4C6H8O6/c4*7-4(8)1-3(6(11)12)2-5(9)10/h4*3H,1-2H2,(H,7,8)(H,9,10)(H,11,12). The van der Waals surface area contributed by atoms with Crippen molar-refractivity contribution in [2.24, 2.45) is 23.7 Å². The average molecular weight is 704 g/mol. The van der Waals surface area contributed by atoms with Gasteiger partial charge in [-0.3, -0.25) is 57.5 Å². The molecule has 12 N–H and O–H groups in total. The Kier molecular flexibility index (Phi) is 26.2. The van der Waals surface area contributed by atoms with Crippen LogP contribution in [0.2, 0.25) is 0 Å². The molecule has 0 bridgehead atoms. The molecule has 0 spiro atoms. The van der Waals surface area contributed by atoms with E-state index in [1.807, 2.05) is 0 Å². The van der Waals surface area contributed by atoms with Gasteiger partial charge in [0.2, 0.25) is 0 Å². The normalized spacial score (nSPS) is 9.75. The molecular formula is C24H32O24. The van der Waals surface area contributed by atoms with Gasteiger partial charge in [0.1, 0.15) is 0 Å². The van der Waals surface area contributed by atoms with Crippen molar-refractivity contribution in [2.75, 3.05) is 0 Å². The zero-order valence-corrected chi connectivity index (χ0v) is 24.2. The first-order valence-electron chi connectivity index (χ1n) is 12.4. The molecule has 0 rings (SSSR count). The number of rotatable bonds is 20. The summed E-state index contributed by atoms with van der Waals surface area (Å²) in [6, 6.07) is 0. The van der Waals surface area contributed by atoms with E-state index >= 15 is 0 Å². The number of carboxylic acids is 12. The van der Waals surface area contributed by atoms with Crippen LogP contribution < -0.4 is 0 Å². The fourth-order valence-corrected chi connectivity index (χ4v) is 2.67. The van der Waals surface area contributed by atoms with E-state index in [1.54, 1.807) is 0 Å². The van der Waals surface area contributed by atoms with Crippen molar-refractivity contribution in [1.82, 2.24) is 0 Å². The molecule has 24 nitrogen and oxygen atoms in total. The van der Waals surface area contributed by atoms with Crippen LogP contribution in [0.3, 0.4) is 0 Å². The van der Waals surface area contributed by atoms with Gasteiger partial charge in [-0.2, -0.15) is 0 Å². The molecule has 0 atom stereocenters. The lowest BCUT2D eigenvalue weighted by molar-refractivity contribution is -0.152. The molecule has 0 aromatic rings. The number of hydrogen-bond acceptors (Lipinski definition) is 12. The van der Waals surface area contributed by atoms with Crippen molar-refractivity contribution >= 4 is 71.6 Å². The van der Waals surface area contributed by atoms with Gasteiger partial charge in [0.25, 0.3) is 0 Å². The summed E-state index contributed by atoms with van der Waals surface area (Å²) in [6.07, 6.45) is -5.32. The molecule has 0 unspecified atom stereocenters. The third kappa shape index (κ3) is 34.1. The first-order valence-corrected chi connectivity index (χ1v) is 12.4. The summed E-state index contributed by atoms with van der Waals surface area (Å²) in [6.45, 7) is 0. The molecule has 0 aromatic carbocycles. The first kappa shape index (κ1) is 48.5. The maximum atomic E-state index is 10.2. The predicted octanol–water partition coefficient (Wildman–Crippen LogP) is -1.45. The maximum Gasteiger partial charge on any atom is 0.307 e. The smallest absolute Gasteiger partial charge is 0.307 e. The first-order chi connectivity index (χ1) is 21.7. The Labute approximate surface area is 266 Å². The highest BCUT2D eigenvalue weighted by Gasteiger charge is 2.26. The lowest BCUT2D eigenvalue weighted by atomic mass is 10.0. The zero-order chi connectivity index (χ0) is 38.9. The average Bonchev–Trinajstić information content (AvgIpc) is 2.86. The van der Waals surface area contributed by atoms with Gasteiger partial charge < -0.3 is 61.3 Å². The largest absolute Gasteiger partial charge is 0.481 e. The van der Waals surface area contributed by atoms with Crippen LogP contribution in [-0.2, 0) is 57.5 Å². The molecule has 0 saturated heterocycles. The Hall–Kier alpha value is -6.36. The Bertz CT molecular complexity index is 952. The third-order valence-electron chi connectivity index (χ3n) is 4.77. The topological polar surface area (TPSA) is 448 Å². The lowest BCUT2D eigenvalue weighted by Crippen LogP contribution is -2.20. The second-order valence-electron chi connectivity index (χ2n) is 8.92. The fourth-order valence-electron chi connectivity index (χ4n) is 2.67. The molecular weight excluding hydrogens is 672 g/mol. The molecule has 0 saturated carbocycles. The number of aliphatic carboxylic acids is 12. The minimum absolute atomic E-state index is 0.665. The van der Waals surface area contributed by atoms with E-state index in [-0.39, 0.29) is 0 Å². The van der Waals surface area contributed by atoms with Crippen LogP contribution in [0.5, 0.6) is 0 Å². The van der Waals surface area contributed by atoms with Crippen molar-refractivity contribution in [3.8, 4) is 0 Å². The maximum absolute atomic E-state index is 10.2. The van der Waals surface area contributed by atoms with E-state index in [9.17, 15) is 57.5 Å². The van der Waals surface area contributed by atoms with Crippen molar-refractivity contribution in [3.63, 3.8) is 0 Å². The molecule has 0 radical (unpaired) electrons. The Balaban J connectivity index is -0.000000269. The van der Waals surface area contributed by atoms with Crippen LogP contribution in [0.4, 0.5) is 0 Å². The summed E-state index contributed by atoms with van der Waals surface area (Å²) in [4.78, 5) is 121. The molecule has 0 heterocycles. The summed E-state index contributed by atoms with van der Waals surface area (Å²) in [7, 11) is 0. The van der Waals surface area contributed by atoms with Crippen LogP contribution in [-0.4, -0.2) is 133 Å². The van der Waals surface area contributed by atoms with Gasteiger partial charge in [-0.15, -0.1) is 0 Å². The summed E-state index contributed by atoms with van der Waals surface area (Å²) < 4.78 is 0. The van der Waals surface area contributed by atoms with Crippen LogP contribution in [0.15, 0.2) is 0 Å². The van der Waals surface area contributed by atoms with E-state index in [0.717, 1.165) is 0 Å². The van der Waals surface area contributed by atoms with Gasteiger partial charge >= 0.3 is 71.6 Å². The minimum atomic E-state index is -1.40. The van der Waals surface area contributed by atoms with E-state index in [2.05, 4.69) is 0 Å². The van der Waals surface area contributed by atoms with Crippen LogP contribution in [0.25, 0.3) is 0 Å². The van der Waals surface area contributed by atoms with E-state index in [0.29, 0.717) is 0 Å².